The van der Waals surface area contributed by atoms with Crippen molar-refractivity contribution >= 4 is 15.9 Å². The lowest BCUT2D eigenvalue weighted by atomic mass is 10.2. The average molecular weight is 393 g/mol. The van der Waals surface area contributed by atoms with Crippen LogP contribution in [0.2, 0.25) is 0 Å². The molecule has 1 aliphatic heterocycles. The highest BCUT2D eigenvalue weighted by molar-refractivity contribution is 7.89. The fraction of sp³-hybridized carbons (Fsp3) is 0.471. The minimum atomic E-state index is -3.56. The molecule has 0 bridgehead atoms. The second-order valence-electron chi connectivity index (χ2n) is 6.75. The van der Waals surface area contributed by atoms with Crippen molar-refractivity contribution in [3.8, 4) is 0 Å². The van der Waals surface area contributed by atoms with Crippen LogP contribution in [0.25, 0.3) is 0 Å². The Morgan fingerprint density at radius 3 is 2.33 bits per heavy atom. The van der Waals surface area contributed by atoms with Crippen molar-refractivity contribution in [2.45, 2.75) is 18.4 Å². The molecule has 0 saturated carbocycles. The van der Waals surface area contributed by atoms with E-state index in [1.54, 1.807) is 24.3 Å². The molecule has 1 amide bonds. The lowest BCUT2D eigenvalue weighted by molar-refractivity contribution is 0.0654. The molecular weight excluding hydrogens is 370 g/mol. The number of aromatic nitrogens is 2. The molecule has 1 aromatic carbocycles. The van der Waals surface area contributed by atoms with Crippen molar-refractivity contribution in [2.75, 3.05) is 40.3 Å². The van der Waals surface area contributed by atoms with Gasteiger partial charge in [-0.15, -0.1) is 10.2 Å². The van der Waals surface area contributed by atoms with Gasteiger partial charge in [-0.3, -0.25) is 4.79 Å². The van der Waals surface area contributed by atoms with E-state index in [9.17, 15) is 13.2 Å². The van der Waals surface area contributed by atoms with E-state index in [2.05, 4.69) is 10.2 Å². The SMILES string of the molecule is Cc1ccc(S(=O)(=O)N2CCN(C(=O)c3nnc(CN(C)C)o3)CC2)cc1. The third kappa shape index (κ3) is 4.34. The van der Waals surface area contributed by atoms with Gasteiger partial charge in [0.15, 0.2) is 0 Å². The van der Waals surface area contributed by atoms with E-state index in [0.29, 0.717) is 12.4 Å². The van der Waals surface area contributed by atoms with Crippen molar-refractivity contribution in [3.63, 3.8) is 0 Å². The summed E-state index contributed by atoms with van der Waals surface area (Å²) in [7, 11) is 0.158. The Labute approximate surface area is 158 Å². The first kappa shape index (κ1) is 19.5. The summed E-state index contributed by atoms with van der Waals surface area (Å²) in [6.45, 7) is 3.34. The molecule has 0 aliphatic carbocycles. The number of amides is 1. The van der Waals surface area contributed by atoms with Crippen LogP contribution in [0.15, 0.2) is 33.6 Å². The Morgan fingerprint density at radius 1 is 1.11 bits per heavy atom. The van der Waals surface area contributed by atoms with Crippen LogP contribution in [0, 0.1) is 6.92 Å². The summed E-state index contributed by atoms with van der Waals surface area (Å²) in [5, 5.41) is 7.66. The molecule has 27 heavy (non-hydrogen) atoms. The molecule has 1 saturated heterocycles. The number of carbonyl (C=O) groups is 1. The Balaban J connectivity index is 1.63. The molecule has 1 aromatic heterocycles. The maximum atomic E-state index is 12.7. The van der Waals surface area contributed by atoms with Crippen LogP contribution < -0.4 is 0 Å². The van der Waals surface area contributed by atoms with E-state index in [-0.39, 0.29) is 42.9 Å². The van der Waals surface area contributed by atoms with Crippen LogP contribution in [0.4, 0.5) is 0 Å². The first-order chi connectivity index (χ1) is 12.8. The minimum absolute atomic E-state index is 0.0679. The van der Waals surface area contributed by atoms with Crippen molar-refractivity contribution in [3.05, 3.63) is 41.6 Å². The molecule has 2 heterocycles. The summed E-state index contributed by atoms with van der Waals surface area (Å²) < 4.78 is 32.2. The van der Waals surface area contributed by atoms with E-state index in [4.69, 9.17) is 4.42 Å². The van der Waals surface area contributed by atoms with Crippen LogP contribution in [-0.4, -0.2) is 78.9 Å². The van der Waals surface area contributed by atoms with Crippen LogP contribution in [0.5, 0.6) is 0 Å². The molecule has 0 radical (unpaired) electrons. The molecule has 10 heteroatoms. The van der Waals surface area contributed by atoms with E-state index in [0.717, 1.165) is 5.56 Å². The van der Waals surface area contributed by atoms with Gasteiger partial charge >= 0.3 is 11.8 Å². The van der Waals surface area contributed by atoms with Crippen molar-refractivity contribution < 1.29 is 17.6 Å². The molecule has 1 aliphatic rings. The van der Waals surface area contributed by atoms with Gasteiger partial charge < -0.3 is 14.2 Å². The number of rotatable bonds is 5. The smallest absolute Gasteiger partial charge is 0.311 e. The second kappa shape index (κ2) is 7.75. The zero-order chi connectivity index (χ0) is 19.6. The molecule has 3 rings (SSSR count). The van der Waals surface area contributed by atoms with Gasteiger partial charge in [0.1, 0.15) is 0 Å². The number of hydrogen-bond donors (Lipinski definition) is 0. The summed E-state index contributed by atoms with van der Waals surface area (Å²) in [6, 6.07) is 6.75. The van der Waals surface area contributed by atoms with Crippen LogP contribution in [0.3, 0.4) is 0 Å². The Hall–Kier alpha value is -2.30. The Morgan fingerprint density at radius 2 is 1.74 bits per heavy atom. The zero-order valence-electron chi connectivity index (χ0n) is 15.6. The normalized spacial score (nSPS) is 16.1. The predicted molar refractivity (Wildman–Crippen MR) is 97.5 cm³/mol. The van der Waals surface area contributed by atoms with Crippen LogP contribution in [-0.2, 0) is 16.6 Å². The van der Waals surface area contributed by atoms with E-state index in [1.165, 1.54) is 9.21 Å². The standard InChI is InChI=1S/C17H23N5O4S/c1-13-4-6-14(7-5-13)27(24,25)22-10-8-21(9-11-22)17(23)16-19-18-15(26-16)12-20(2)3/h4-7H,8-12H2,1-3H3. The van der Waals surface area contributed by atoms with Gasteiger partial charge in [0.05, 0.1) is 11.4 Å². The molecule has 1 fully saturated rings. The van der Waals surface area contributed by atoms with E-state index < -0.39 is 10.0 Å². The number of nitrogens with zero attached hydrogens (tertiary/aromatic N) is 5. The fourth-order valence-corrected chi connectivity index (χ4v) is 4.22. The van der Waals surface area contributed by atoms with Gasteiger partial charge in [-0.05, 0) is 33.2 Å². The third-order valence-corrected chi connectivity index (χ3v) is 6.20. The highest BCUT2D eigenvalue weighted by Crippen LogP contribution is 2.19. The number of sulfonamides is 1. The molecule has 146 valence electrons. The van der Waals surface area contributed by atoms with Crippen LogP contribution in [0.1, 0.15) is 22.1 Å². The molecule has 0 unspecified atom stereocenters. The van der Waals surface area contributed by atoms with E-state index in [1.807, 2.05) is 25.9 Å². The lowest BCUT2D eigenvalue weighted by Crippen LogP contribution is -2.50. The average Bonchev–Trinajstić information content (AvgIpc) is 3.09. The van der Waals surface area contributed by atoms with Crippen molar-refractivity contribution in [1.29, 1.82) is 0 Å². The first-order valence-electron chi connectivity index (χ1n) is 8.60. The third-order valence-electron chi connectivity index (χ3n) is 4.29. The summed E-state index contributed by atoms with van der Waals surface area (Å²) in [6.07, 6.45) is 0. The number of piperazine rings is 1. The summed E-state index contributed by atoms with van der Waals surface area (Å²) in [5.74, 6) is -0.0782. The Kier molecular flexibility index (Phi) is 5.59. The summed E-state index contributed by atoms with van der Waals surface area (Å²) in [5.41, 5.74) is 0.998. The number of benzene rings is 1. The topological polar surface area (TPSA) is 99.9 Å². The second-order valence-corrected chi connectivity index (χ2v) is 8.69. The van der Waals surface area contributed by atoms with Gasteiger partial charge in [-0.1, -0.05) is 17.7 Å². The first-order valence-corrected chi connectivity index (χ1v) is 10.0. The summed E-state index contributed by atoms with van der Waals surface area (Å²) >= 11 is 0. The van der Waals surface area contributed by atoms with Crippen LogP contribution >= 0.6 is 0 Å². The van der Waals surface area contributed by atoms with Gasteiger partial charge in [0.25, 0.3) is 0 Å². The van der Waals surface area contributed by atoms with Gasteiger partial charge in [-0.2, -0.15) is 4.31 Å². The number of carbonyl (C=O) groups excluding carboxylic acids is 1. The number of hydrogen-bond acceptors (Lipinski definition) is 7. The Bertz CT molecular complexity index is 900. The minimum Gasteiger partial charge on any atom is -0.415 e. The van der Waals surface area contributed by atoms with E-state index >= 15 is 0 Å². The number of aryl methyl sites for hydroxylation is 1. The quantitative estimate of drug-likeness (QED) is 0.733. The van der Waals surface area contributed by atoms with Gasteiger partial charge in [-0.25, -0.2) is 8.42 Å². The molecular formula is C17H23N5O4S. The van der Waals surface area contributed by atoms with Crippen molar-refractivity contribution in [1.82, 2.24) is 24.3 Å². The monoisotopic (exact) mass is 393 g/mol. The maximum absolute atomic E-state index is 12.7. The molecule has 0 atom stereocenters. The van der Waals surface area contributed by atoms with Gasteiger partial charge in [0.2, 0.25) is 15.9 Å². The summed E-state index contributed by atoms with van der Waals surface area (Å²) in [4.78, 5) is 16.2. The molecule has 0 N–H and O–H groups in total. The predicted octanol–water partition coefficient (Wildman–Crippen LogP) is 0.586. The largest absolute Gasteiger partial charge is 0.415 e. The lowest BCUT2D eigenvalue weighted by Gasteiger charge is -2.33. The molecule has 2 aromatic rings. The maximum Gasteiger partial charge on any atom is 0.311 e. The molecule has 0 spiro atoms. The van der Waals surface area contributed by atoms with Crippen molar-refractivity contribution in [2.24, 2.45) is 0 Å². The fourth-order valence-electron chi connectivity index (χ4n) is 2.80. The highest BCUT2D eigenvalue weighted by Gasteiger charge is 2.32. The highest BCUT2D eigenvalue weighted by atomic mass is 32.2. The molecule has 9 nitrogen and oxygen atoms in total. The zero-order valence-corrected chi connectivity index (χ0v) is 16.4. The van der Waals surface area contributed by atoms with Gasteiger partial charge in [0, 0.05) is 26.2 Å².